The molecule has 0 N–H and O–H groups in total. The van der Waals surface area contributed by atoms with Gasteiger partial charge in [-0.05, 0) is 12.8 Å². The number of nitrogens with zero attached hydrogens (tertiary/aromatic N) is 1. The van der Waals surface area contributed by atoms with E-state index in [1.807, 2.05) is 0 Å². The topological polar surface area (TPSA) is 20.3 Å². The summed E-state index contributed by atoms with van der Waals surface area (Å²) in [7, 11) is 0.552. The second kappa shape index (κ2) is 6.04. The number of amides is 1. The highest BCUT2D eigenvalue weighted by Gasteiger charge is 2.88. The van der Waals surface area contributed by atoms with Crippen LogP contribution in [0.1, 0.15) is 32.1 Å². The summed E-state index contributed by atoms with van der Waals surface area (Å²) in [6.45, 7) is 0. The van der Waals surface area contributed by atoms with Gasteiger partial charge >= 0.3 is 23.9 Å². The first-order valence-corrected chi connectivity index (χ1v) is 6.65. The third kappa shape index (κ3) is 3.23. The quantitative estimate of drug-likeness (QED) is 0.667. The van der Waals surface area contributed by atoms with E-state index in [1.54, 1.807) is 0 Å². The Morgan fingerprint density at radius 2 is 1.13 bits per heavy atom. The minimum atomic E-state index is -6.86. The van der Waals surface area contributed by atoms with Gasteiger partial charge in [-0.15, -0.1) is 0 Å². The van der Waals surface area contributed by atoms with Crippen molar-refractivity contribution < 1.29 is 44.3 Å². The predicted molar refractivity (Wildman–Crippen MR) is 60.2 cm³/mol. The highest BCUT2D eigenvalue weighted by molar-refractivity contribution is 5.85. The van der Waals surface area contributed by atoms with Crippen LogP contribution in [0.4, 0.5) is 39.5 Å². The van der Waals surface area contributed by atoms with Crippen LogP contribution in [-0.2, 0) is 4.79 Å². The molecule has 0 spiro atoms. The van der Waals surface area contributed by atoms with Gasteiger partial charge in [0.25, 0.3) is 5.91 Å². The van der Waals surface area contributed by atoms with Crippen LogP contribution in [-0.4, -0.2) is 42.4 Å². The number of hydrogen-bond donors (Lipinski definition) is 0. The zero-order valence-electron chi connectivity index (χ0n) is 11.9. The van der Waals surface area contributed by atoms with E-state index in [4.69, 9.17) is 0 Å². The molecule has 1 fully saturated rings. The smallest absolute Gasteiger partial charge is 0.341 e. The van der Waals surface area contributed by atoms with Crippen LogP contribution < -0.4 is 0 Å². The van der Waals surface area contributed by atoms with Gasteiger partial charge in [-0.1, -0.05) is 19.3 Å². The van der Waals surface area contributed by atoms with Crippen LogP contribution in [0.3, 0.4) is 0 Å². The standard InChI is InChI=1S/C12H14F9NO/c1-22(7-5-3-2-4-6-7)8(23)9(10(13,14)15,11(16,17)18)12(19,20)21/h7H,2-6H2,1H3. The molecule has 0 aliphatic heterocycles. The van der Waals surface area contributed by atoms with Gasteiger partial charge in [-0.2, -0.15) is 39.5 Å². The van der Waals surface area contributed by atoms with Crippen molar-refractivity contribution in [2.45, 2.75) is 56.7 Å². The van der Waals surface area contributed by atoms with E-state index in [1.165, 1.54) is 0 Å². The van der Waals surface area contributed by atoms with Crippen molar-refractivity contribution in [2.75, 3.05) is 7.05 Å². The summed E-state index contributed by atoms with van der Waals surface area (Å²) in [6, 6.07) is -1.08. The van der Waals surface area contributed by atoms with Crippen LogP contribution >= 0.6 is 0 Å². The second-order valence-corrected chi connectivity index (χ2v) is 5.45. The Labute approximate surface area is 125 Å². The lowest BCUT2D eigenvalue weighted by Crippen LogP contribution is -2.68. The van der Waals surface area contributed by atoms with Crippen molar-refractivity contribution in [3.05, 3.63) is 0 Å². The monoisotopic (exact) mass is 359 g/mol. The number of hydrogen-bond acceptors (Lipinski definition) is 1. The summed E-state index contributed by atoms with van der Waals surface area (Å²) >= 11 is 0. The molecule has 1 aliphatic rings. The summed E-state index contributed by atoms with van der Waals surface area (Å²) in [5.41, 5.74) is -6.42. The van der Waals surface area contributed by atoms with Gasteiger partial charge in [0, 0.05) is 13.1 Å². The molecule has 0 radical (unpaired) electrons. The fourth-order valence-electron chi connectivity index (χ4n) is 2.74. The third-order valence-corrected chi connectivity index (χ3v) is 4.04. The largest absolute Gasteiger partial charge is 0.421 e. The normalized spacial score (nSPS) is 18.9. The van der Waals surface area contributed by atoms with Crippen molar-refractivity contribution in [3.63, 3.8) is 0 Å². The van der Waals surface area contributed by atoms with Gasteiger partial charge in [0.15, 0.2) is 0 Å². The molecule has 0 heterocycles. The summed E-state index contributed by atoms with van der Waals surface area (Å²) in [5.74, 6) is -3.03. The summed E-state index contributed by atoms with van der Waals surface area (Å²) < 4.78 is 116. The van der Waals surface area contributed by atoms with Crippen molar-refractivity contribution in [2.24, 2.45) is 5.41 Å². The highest BCUT2D eigenvalue weighted by Crippen LogP contribution is 2.60. The van der Waals surface area contributed by atoms with E-state index in [2.05, 4.69) is 0 Å². The fourth-order valence-corrected chi connectivity index (χ4v) is 2.74. The average Bonchev–Trinajstić information content (AvgIpc) is 2.34. The zero-order chi connectivity index (χ0) is 18.3. The number of halogens is 9. The lowest BCUT2D eigenvalue weighted by atomic mass is 9.82. The molecule has 2 nitrogen and oxygen atoms in total. The van der Waals surface area contributed by atoms with Crippen LogP contribution in [0.15, 0.2) is 0 Å². The minimum Gasteiger partial charge on any atom is -0.341 e. The molecule has 1 amide bonds. The van der Waals surface area contributed by atoms with E-state index in [0.717, 1.165) is 0 Å². The van der Waals surface area contributed by atoms with E-state index in [9.17, 15) is 44.3 Å². The van der Waals surface area contributed by atoms with Crippen LogP contribution in [0.25, 0.3) is 0 Å². The van der Waals surface area contributed by atoms with Crippen LogP contribution in [0.5, 0.6) is 0 Å². The maximum atomic E-state index is 12.9. The number of carbonyl (C=O) groups excluding carboxylic acids is 1. The molecule has 0 saturated heterocycles. The summed E-state index contributed by atoms with van der Waals surface area (Å²) in [4.78, 5) is 11.7. The first-order chi connectivity index (χ1) is 10.2. The SMILES string of the molecule is CN(C(=O)C(C(F)(F)F)(C(F)(F)F)C(F)(F)F)C1CCCCC1. The number of alkyl halides is 9. The summed E-state index contributed by atoms with van der Waals surface area (Å²) in [6.07, 6.45) is -19.0. The van der Waals surface area contributed by atoms with E-state index in [-0.39, 0.29) is 17.7 Å². The molecule has 0 bridgehead atoms. The Balaban J connectivity index is 3.42. The third-order valence-electron chi connectivity index (χ3n) is 4.04. The summed E-state index contributed by atoms with van der Waals surface area (Å²) in [5, 5.41) is 0. The maximum Gasteiger partial charge on any atom is 0.421 e. The Kier molecular flexibility index (Phi) is 5.23. The van der Waals surface area contributed by atoms with Crippen molar-refractivity contribution in [3.8, 4) is 0 Å². The van der Waals surface area contributed by atoms with E-state index in [0.29, 0.717) is 26.3 Å². The number of carbonyl (C=O) groups is 1. The second-order valence-electron chi connectivity index (χ2n) is 5.45. The zero-order valence-corrected chi connectivity index (χ0v) is 11.9. The molecule has 1 aliphatic carbocycles. The fraction of sp³-hybridized carbons (Fsp3) is 0.917. The van der Waals surface area contributed by atoms with E-state index >= 15 is 0 Å². The van der Waals surface area contributed by atoms with Crippen LogP contribution in [0, 0.1) is 5.41 Å². The first kappa shape index (κ1) is 19.9. The predicted octanol–water partition coefficient (Wildman–Crippen LogP) is 4.45. The Morgan fingerprint density at radius 3 is 1.43 bits per heavy atom. The Morgan fingerprint density at radius 1 is 0.783 bits per heavy atom. The van der Waals surface area contributed by atoms with Crippen molar-refractivity contribution in [1.82, 2.24) is 4.90 Å². The van der Waals surface area contributed by atoms with Crippen molar-refractivity contribution >= 4 is 5.91 Å². The number of rotatable bonds is 2. The first-order valence-electron chi connectivity index (χ1n) is 6.65. The molecule has 0 aromatic carbocycles. The lowest BCUT2D eigenvalue weighted by molar-refractivity contribution is -0.409. The molecular formula is C12H14F9NO. The van der Waals surface area contributed by atoms with Gasteiger partial charge in [-0.25, -0.2) is 0 Å². The van der Waals surface area contributed by atoms with Gasteiger partial charge < -0.3 is 4.90 Å². The molecule has 23 heavy (non-hydrogen) atoms. The molecule has 0 atom stereocenters. The molecule has 0 aromatic heterocycles. The maximum absolute atomic E-state index is 12.9. The van der Waals surface area contributed by atoms with Crippen molar-refractivity contribution in [1.29, 1.82) is 0 Å². The molecule has 0 aromatic rings. The molecule has 1 rings (SSSR count). The van der Waals surface area contributed by atoms with Gasteiger partial charge in [0.2, 0.25) is 0 Å². The minimum absolute atomic E-state index is 0.0480. The van der Waals surface area contributed by atoms with Gasteiger partial charge in [0.05, 0.1) is 0 Å². The van der Waals surface area contributed by atoms with Gasteiger partial charge in [0.1, 0.15) is 0 Å². The lowest BCUT2D eigenvalue weighted by Gasteiger charge is -2.42. The average molecular weight is 359 g/mol. The van der Waals surface area contributed by atoms with Crippen LogP contribution in [0.2, 0.25) is 0 Å². The Bertz CT molecular complexity index is 395. The molecule has 0 unspecified atom stereocenters. The Hall–Kier alpha value is -1.16. The highest BCUT2D eigenvalue weighted by atomic mass is 19.4. The van der Waals surface area contributed by atoms with Gasteiger partial charge in [-0.3, -0.25) is 4.79 Å². The molecule has 136 valence electrons. The van der Waals surface area contributed by atoms with E-state index < -0.39 is 35.9 Å². The molecule has 11 heteroatoms. The molecular weight excluding hydrogens is 345 g/mol. The molecule has 1 saturated carbocycles.